The summed E-state index contributed by atoms with van der Waals surface area (Å²) < 4.78 is 49.1. The van der Waals surface area contributed by atoms with Crippen LogP contribution in [0.15, 0.2) is 45.6 Å². The standard InChI is InChI=1S/C20H14F3NO5/c21-20(22,23)12-2-6-16(11(7-12)9-25)28-13-3-5-14-10(8-13)1-4-15(14)17-18(26)24-19(27)29-17/h2-3,5-9,15,26H,1,4H2,(H,24,27)/t15-/m1/s1. The molecule has 0 unspecified atom stereocenters. The Balaban J connectivity index is 1.62. The third-order valence-corrected chi connectivity index (χ3v) is 4.86. The summed E-state index contributed by atoms with van der Waals surface area (Å²) in [7, 11) is 0. The Morgan fingerprint density at radius 2 is 2.00 bits per heavy atom. The van der Waals surface area contributed by atoms with Crippen LogP contribution in [0.3, 0.4) is 0 Å². The minimum absolute atomic E-state index is 0.0109. The van der Waals surface area contributed by atoms with Gasteiger partial charge in [0, 0.05) is 5.92 Å². The van der Waals surface area contributed by atoms with Crippen molar-refractivity contribution in [3.05, 3.63) is 75.0 Å². The third kappa shape index (κ3) is 3.51. The number of benzene rings is 2. The minimum Gasteiger partial charge on any atom is -0.492 e. The number of alkyl halides is 3. The van der Waals surface area contributed by atoms with Crippen LogP contribution in [0.4, 0.5) is 13.2 Å². The SMILES string of the molecule is O=Cc1cc(C(F)(F)F)ccc1Oc1ccc2c(c1)CC[C@H]2c1oc(=O)[nH]c1O. The second kappa shape index (κ2) is 6.84. The zero-order valence-corrected chi connectivity index (χ0v) is 14.7. The molecule has 9 heteroatoms. The fourth-order valence-corrected chi connectivity index (χ4v) is 3.53. The monoisotopic (exact) mass is 405 g/mol. The molecule has 150 valence electrons. The van der Waals surface area contributed by atoms with E-state index in [0.717, 1.165) is 29.3 Å². The molecular weight excluding hydrogens is 391 g/mol. The topological polar surface area (TPSA) is 92.5 Å². The molecule has 1 heterocycles. The average molecular weight is 405 g/mol. The van der Waals surface area contributed by atoms with Gasteiger partial charge in [-0.1, -0.05) is 6.07 Å². The maximum Gasteiger partial charge on any atom is 0.419 e. The van der Waals surface area contributed by atoms with Gasteiger partial charge >= 0.3 is 11.9 Å². The largest absolute Gasteiger partial charge is 0.492 e. The van der Waals surface area contributed by atoms with Gasteiger partial charge in [0.25, 0.3) is 0 Å². The van der Waals surface area contributed by atoms with Crippen molar-refractivity contribution < 1.29 is 32.2 Å². The summed E-state index contributed by atoms with van der Waals surface area (Å²) in [5.74, 6) is -0.824. The fraction of sp³-hybridized carbons (Fsp3) is 0.200. The summed E-state index contributed by atoms with van der Waals surface area (Å²) in [6, 6.07) is 7.74. The van der Waals surface area contributed by atoms with Crippen molar-refractivity contribution in [1.29, 1.82) is 0 Å². The molecule has 1 aromatic heterocycles. The Bertz CT molecular complexity index is 1150. The molecule has 0 spiro atoms. The van der Waals surface area contributed by atoms with Crippen LogP contribution < -0.4 is 10.5 Å². The molecule has 29 heavy (non-hydrogen) atoms. The number of ether oxygens (including phenoxy) is 1. The van der Waals surface area contributed by atoms with Crippen molar-refractivity contribution >= 4 is 6.29 Å². The van der Waals surface area contributed by atoms with E-state index in [1.165, 1.54) is 0 Å². The van der Waals surface area contributed by atoms with Crippen LogP contribution in [0.1, 0.15) is 45.1 Å². The number of nitrogens with one attached hydrogen (secondary N) is 1. The summed E-state index contributed by atoms with van der Waals surface area (Å²) in [6.45, 7) is 0. The summed E-state index contributed by atoms with van der Waals surface area (Å²) in [4.78, 5) is 24.7. The lowest BCUT2D eigenvalue weighted by Crippen LogP contribution is -2.06. The molecule has 3 aromatic rings. The number of oxazole rings is 1. The van der Waals surface area contributed by atoms with Crippen molar-refractivity contribution in [3.8, 4) is 17.4 Å². The molecule has 0 aliphatic heterocycles. The van der Waals surface area contributed by atoms with E-state index in [2.05, 4.69) is 4.98 Å². The van der Waals surface area contributed by atoms with Gasteiger partial charge < -0.3 is 14.3 Å². The van der Waals surface area contributed by atoms with Crippen molar-refractivity contribution in [1.82, 2.24) is 4.98 Å². The number of carbonyl (C=O) groups is 1. The molecule has 1 aliphatic carbocycles. The first-order valence-electron chi connectivity index (χ1n) is 8.65. The van der Waals surface area contributed by atoms with Gasteiger partial charge in [0.05, 0.1) is 11.1 Å². The number of aldehydes is 1. The normalized spacial score (nSPS) is 15.9. The second-order valence-electron chi connectivity index (χ2n) is 6.65. The molecule has 0 fully saturated rings. The lowest BCUT2D eigenvalue weighted by Gasteiger charge is -2.13. The first-order valence-corrected chi connectivity index (χ1v) is 8.65. The Morgan fingerprint density at radius 1 is 1.21 bits per heavy atom. The Morgan fingerprint density at radius 3 is 2.66 bits per heavy atom. The van der Waals surface area contributed by atoms with E-state index in [4.69, 9.17) is 9.15 Å². The van der Waals surface area contributed by atoms with Gasteiger partial charge in [-0.3, -0.25) is 9.78 Å². The number of aromatic amines is 1. The highest BCUT2D eigenvalue weighted by Gasteiger charge is 2.32. The van der Waals surface area contributed by atoms with Crippen LogP contribution in [0.25, 0.3) is 0 Å². The molecule has 4 rings (SSSR count). The fourth-order valence-electron chi connectivity index (χ4n) is 3.53. The molecule has 6 nitrogen and oxygen atoms in total. The van der Waals surface area contributed by atoms with Crippen molar-refractivity contribution in [2.24, 2.45) is 0 Å². The predicted molar refractivity (Wildman–Crippen MR) is 94.5 cm³/mol. The number of hydrogen-bond acceptors (Lipinski definition) is 5. The van der Waals surface area contributed by atoms with E-state index in [9.17, 15) is 27.9 Å². The third-order valence-electron chi connectivity index (χ3n) is 4.86. The van der Waals surface area contributed by atoms with E-state index >= 15 is 0 Å². The Labute approximate surface area is 161 Å². The molecular formula is C20H14F3NO5. The molecule has 0 saturated carbocycles. The molecule has 1 aliphatic rings. The lowest BCUT2D eigenvalue weighted by molar-refractivity contribution is -0.137. The second-order valence-corrected chi connectivity index (χ2v) is 6.65. The number of fused-ring (bicyclic) bond motifs is 1. The highest BCUT2D eigenvalue weighted by molar-refractivity contribution is 5.80. The van der Waals surface area contributed by atoms with Crippen LogP contribution in [-0.2, 0) is 12.6 Å². The molecule has 0 bridgehead atoms. The Hall–Kier alpha value is -3.49. The summed E-state index contributed by atoms with van der Waals surface area (Å²) in [5.41, 5.74) is 0.586. The lowest BCUT2D eigenvalue weighted by atomic mass is 9.99. The quantitative estimate of drug-likeness (QED) is 0.629. The molecule has 0 amide bonds. The van der Waals surface area contributed by atoms with E-state index < -0.39 is 17.5 Å². The first-order chi connectivity index (χ1) is 13.8. The van der Waals surface area contributed by atoms with Gasteiger partial charge in [0.2, 0.25) is 5.88 Å². The molecule has 0 radical (unpaired) electrons. The van der Waals surface area contributed by atoms with Gasteiger partial charge in [-0.05, 0) is 54.3 Å². The number of hydrogen-bond donors (Lipinski definition) is 2. The smallest absolute Gasteiger partial charge is 0.419 e. The molecule has 2 aromatic carbocycles. The maximum atomic E-state index is 12.8. The van der Waals surface area contributed by atoms with E-state index in [1.54, 1.807) is 18.2 Å². The number of carbonyl (C=O) groups excluding carboxylic acids is 1. The van der Waals surface area contributed by atoms with E-state index in [-0.39, 0.29) is 28.9 Å². The van der Waals surface area contributed by atoms with Gasteiger partial charge in [0.15, 0.2) is 12.0 Å². The molecule has 0 saturated heterocycles. The summed E-state index contributed by atoms with van der Waals surface area (Å²) in [6.07, 6.45) is -3.02. The number of halogens is 3. The van der Waals surface area contributed by atoms with E-state index in [1.807, 2.05) is 0 Å². The van der Waals surface area contributed by atoms with Crippen LogP contribution in [-0.4, -0.2) is 16.4 Å². The maximum absolute atomic E-state index is 12.8. The molecule has 1 atom stereocenters. The van der Waals surface area contributed by atoms with Gasteiger partial charge in [-0.15, -0.1) is 0 Å². The predicted octanol–water partition coefficient (Wildman–Crippen LogP) is 4.38. The van der Waals surface area contributed by atoms with Gasteiger partial charge in [-0.25, -0.2) is 4.79 Å². The van der Waals surface area contributed by atoms with Crippen LogP contribution in [0.5, 0.6) is 17.4 Å². The van der Waals surface area contributed by atoms with Crippen molar-refractivity contribution in [2.75, 3.05) is 0 Å². The highest BCUT2D eigenvalue weighted by Crippen LogP contribution is 2.42. The zero-order chi connectivity index (χ0) is 20.8. The van der Waals surface area contributed by atoms with Crippen molar-refractivity contribution in [3.63, 3.8) is 0 Å². The van der Waals surface area contributed by atoms with Gasteiger partial charge in [0.1, 0.15) is 11.5 Å². The average Bonchev–Trinajstić information content (AvgIpc) is 3.22. The highest BCUT2D eigenvalue weighted by atomic mass is 19.4. The Kier molecular flexibility index (Phi) is 4.45. The minimum atomic E-state index is -4.56. The number of rotatable bonds is 4. The first kappa shape index (κ1) is 18.9. The number of aromatic nitrogens is 1. The zero-order valence-electron chi connectivity index (χ0n) is 14.7. The van der Waals surface area contributed by atoms with Gasteiger partial charge in [-0.2, -0.15) is 13.2 Å². The van der Waals surface area contributed by atoms with E-state index in [0.29, 0.717) is 24.9 Å². The number of aromatic hydroxyl groups is 1. The number of aryl methyl sites for hydroxylation is 1. The summed E-state index contributed by atoms with van der Waals surface area (Å²) >= 11 is 0. The van der Waals surface area contributed by atoms with Crippen LogP contribution in [0, 0.1) is 0 Å². The molecule has 2 N–H and O–H groups in total. The van der Waals surface area contributed by atoms with Crippen molar-refractivity contribution in [2.45, 2.75) is 24.9 Å². The summed E-state index contributed by atoms with van der Waals surface area (Å²) in [5, 5.41) is 9.82. The van der Waals surface area contributed by atoms with Crippen LogP contribution >= 0.6 is 0 Å². The number of H-pyrrole nitrogens is 1. The van der Waals surface area contributed by atoms with Crippen LogP contribution in [0.2, 0.25) is 0 Å².